The molecule has 0 unspecified atom stereocenters. The van der Waals surface area contributed by atoms with Crippen LogP contribution in [-0.4, -0.2) is 46.7 Å². The van der Waals surface area contributed by atoms with E-state index in [4.69, 9.17) is 9.47 Å². The summed E-state index contributed by atoms with van der Waals surface area (Å²) in [4.78, 5) is 25.8. The molecule has 2 fully saturated rings. The molecule has 0 bridgehead atoms. The van der Waals surface area contributed by atoms with Gasteiger partial charge in [0.2, 0.25) is 17.6 Å². The fourth-order valence-electron chi connectivity index (χ4n) is 3.84. The van der Waals surface area contributed by atoms with Gasteiger partial charge in [0, 0.05) is 49.7 Å². The minimum Gasteiger partial charge on any atom is -0.469 e. The average Bonchev–Trinajstić information content (AvgIpc) is 3.34. The van der Waals surface area contributed by atoms with Crippen LogP contribution in [-0.2, 0) is 20.9 Å². The van der Waals surface area contributed by atoms with E-state index in [1.54, 1.807) is 18.3 Å². The normalized spacial score (nSPS) is 19.4. The Labute approximate surface area is 171 Å². The van der Waals surface area contributed by atoms with Gasteiger partial charge in [-0.15, -0.1) is 0 Å². The van der Waals surface area contributed by atoms with Crippen LogP contribution in [0.4, 0.5) is 26.1 Å². The van der Waals surface area contributed by atoms with E-state index in [9.17, 15) is 13.6 Å². The second kappa shape index (κ2) is 6.56. The molecular weight excluding hydrogens is 396 g/mol. The van der Waals surface area contributed by atoms with Crippen molar-refractivity contribution in [2.24, 2.45) is 0 Å². The van der Waals surface area contributed by atoms with Crippen LogP contribution in [0.2, 0.25) is 0 Å². The molecule has 0 radical (unpaired) electrons. The van der Waals surface area contributed by atoms with E-state index in [0.717, 1.165) is 31.0 Å². The number of anilines is 3. The summed E-state index contributed by atoms with van der Waals surface area (Å²) in [6.45, 7) is 3.58. The number of nitrogens with zero attached hydrogens (tertiary/aromatic N) is 4. The molecule has 1 aliphatic carbocycles. The first kappa shape index (κ1) is 19.1. The smallest absolute Gasteiger partial charge is 0.304 e. The summed E-state index contributed by atoms with van der Waals surface area (Å²) >= 11 is 0. The maximum absolute atomic E-state index is 14.1. The lowest BCUT2D eigenvalue weighted by atomic mass is 10.0. The van der Waals surface area contributed by atoms with E-state index in [0.29, 0.717) is 31.4 Å². The summed E-state index contributed by atoms with van der Waals surface area (Å²) in [6.07, 6.45) is 3.53. The van der Waals surface area contributed by atoms with E-state index in [-0.39, 0.29) is 23.3 Å². The highest BCUT2D eigenvalue weighted by molar-refractivity contribution is 5.89. The lowest BCUT2D eigenvalue weighted by Gasteiger charge is -2.27. The Morgan fingerprint density at radius 2 is 2.10 bits per heavy atom. The van der Waals surface area contributed by atoms with Crippen molar-refractivity contribution in [1.29, 1.82) is 0 Å². The highest BCUT2D eigenvalue weighted by Gasteiger charge is 2.53. The van der Waals surface area contributed by atoms with Crippen molar-refractivity contribution >= 4 is 23.2 Å². The Morgan fingerprint density at radius 3 is 2.70 bits per heavy atom. The molecule has 1 spiro atoms. The number of fused-ring (bicyclic) bond motifs is 2. The van der Waals surface area contributed by atoms with E-state index < -0.39 is 11.7 Å². The zero-order valence-corrected chi connectivity index (χ0v) is 16.6. The molecule has 1 amide bonds. The van der Waals surface area contributed by atoms with Crippen molar-refractivity contribution in [3.05, 3.63) is 29.7 Å². The molecule has 2 aromatic rings. The van der Waals surface area contributed by atoms with Crippen LogP contribution in [0.1, 0.15) is 38.1 Å². The number of ether oxygens (including phenoxy) is 2. The minimum atomic E-state index is -3.22. The largest absolute Gasteiger partial charge is 0.469 e. The third-order valence-electron chi connectivity index (χ3n) is 5.62. The van der Waals surface area contributed by atoms with E-state index in [1.807, 2.05) is 4.90 Å². The fraction of sp³-hybridized carbons (Fsp3) is 0.500. The Bertz CT molecular complexity index is 1020. The van der Waals surface area contributed by atoms with Crippen LogP contribution >= 0.6 is 0 Å². The number of rotatable bonds is 5. The number of halogens is 2. The topological polar surface area (TPSA) is 89.5 Å². The zero-order valence-electron chi connectivity index (χ0n) is 16.6. The van der Waals surface area contributed by atoms with Gasteiger partial charge in [0.05, 0.1) is 18.9 Å². The number of alkyl halides is 2. The van der Waals surface area contributed by atoms with Gasteiger partial charge in [-0.25, -0.2) is 9.97 Å². The molecule has 2 aromatic heterocycles. The third kappa shape index (κ3) is 3.34. The summed E-state index contributed by atoms with van der Waals surface area (Å²) < 4.78 is 39.0. The number of hydrogen-bond acceptors (Lipinski definition) is 7. The number of carbonyl (C=O) groups excluding carboxylic acids is 1. The predicted octanol–water partition coefficient (Wildman–Crippen LogP) is 2.90. The lowest BCUT2D eigenvalue weighted by Crippen LogP contribution is -2.39. The molecule has 3 aliphatic rings. The Kier molecular flexibility index (Phi) is 4.18. The average molecular weight is 417 g/mol. The zero-order chi connectivity index (χ0) is 21.1. The molecule has 0 aromatic carbocycles. The number of pyridine rings is 1. The Morgan fingerprint density at radius 1 is 1.33 bits per heavy atom. The first-order valence-electron chi connectivity index (χ1n) is 9.81. The second-order valence-corrected chi connectivity index (χ2v) is 8.19. The summed E-state index contributed by atoms with van der Waals surface area (Å²) in [5.74, 6) is -3.21. The first-order valence-corrected chi connectivity index (χ1v) is 9.81. The molecule has 10 heteroatoms. The molecular formula is C20H21F2N5O3. The fourth-order valence-corrected chi connectivity index (χ4v) is 3.84. The molecule has 30 heavy (non-hydrogen) atoms. The van der Waals surface area contributed by atoms with E-state index >= 15 is 0 Å². The van der Waals surface area contributed by atoms with Crippen molar-refractivity contribution in [2.75, 3.05) is 30.0 Å². The van der Waals surface area contributed by atoms with Gasteiger partial charge in [0.1, 0.15) is 17.7 Å². The summed E-state index contributed by atoms with van der Waals surface area (Å²) in [7, 11) is 0. The van der Waals surface area contributed by atoms with E-state index in [1.165, 1.54) is 6.92 Å². The van der Waals surface area contributed by atoms with Crippen LogP contribution in [0, 0.1) is 0 Å². The molecule has 5 rings (SSSR count). The van der Waals surface area contributed by atoms with Gasteiger partial charge in [-0.05, 0) is 12.8 Å². The molecule has 8 nitrogen and oxygen atoms in total. The van der Waals surface area contributed by atoms with Crippen LogP contribution in [0.3, 0.4) is 0 Å². The maximum Gasteiger partial charge on any atom is 0.304 e. The summed E-state index contributed by atoms with van der Waals surface area (Å²) in [6, 6.07) is 3.34. The standard InChI is InChI=1S/C20H21F2N5O3/c1-11(28)24-15-5-14-13(7-23-15)20(3-4-20)10-27(14)16-6-17(30-12-8-29-9-12)26-18(25-16)19(2,21)22/h5-7,12H,3-4,8-10H2,1-2H3,(H,23,24,28). The van der Waals surface area contributed by atoms with Crippen molar-refractivity contribution in [3.63, 3.8) is 0 Å². The lowest BCUT2D eigenvalue weighted by molar-refractivity contribution is -0.114. The maximum atomic E-state index is 14.1. The van der Waals surface area contributed by atoms with E-state index in [2.05, 4.69) is 20.3 Å². The Balaban J connectivity index is 1.56. The second-order valence-electron chi connectivity index (χ2n) is 8.19. The van der Waals surface area contributed by atoms with Gasteiger partial charge in [0.25, 0.3) is 0 Å². The molecule has 4 heterocycles. The molecule has 0 atom stereocenters. The van der Waals surface area contributed by atoms with Gasteiger partial charge in [-0.2, -0.15) is 13.8 Å². The monoisotopic (exact) mass is 417 g/mol. The van der Waals surface area contributed by atoms with Gasteiger partial charge in [0.15, 0.2) is 0 Å². The number of carbonyl (C=O) groups is 1. The van der Waals surface area contributed by atoms with Crippen molar-refractivity contribution in [1.82, 2.24) is 15.0 Å². The van der Waals surface area contributed by atoms with Crippen LogP contribution in [0.25, 0.3) is 0 Å². The summed E-state index contributed by atoms with van der Waals surface area (Å²) in [5.41, 5.74) is 1.78. The quantitative estimate of drug-likeness (QED) is 0.800. The number of amides is 1. The van der Waals surface area contributed by atoms with Crippen molar-refractivity contribution in [3.8, 4) is 5.88 Å². The SMILES string of the molecule is CC(=O)Nc1cc2c(cn1)C1(CC1)CN2c1cc(OC2COC2)nc(C(C)(F)F)n1. The third-order valence-corrected chi connectivity index (χ3v) is 5.62. The van der Waals surface area contributed by atoms with Gasteiger partial charge in [-0.1, -0.05) is 0 Å². The van der Waals surface area contributed by atoms with Gasteiger partial charge >= 0.3 is 5.92 Å². The van der Waals surface area contributed by atoms with Gasteiger partial charge < -0.3 is 19.7 Å². The molecule has 1 saturated carbocycles. The number of nitrogens with one attached hydrogen (secondary N) is 1. The number of hydrogen-bond donors (Lipinski definition) is 1. The van der Waals surface area contributed by atoms with Crippen molar-refractivity contribution < 1.29 is 23.0 Å². The predicted molar refractivity (Wildman–Crippen MR) is 103 cm³/mol. The highest BCUT2D eigenvalue weighted by atomic mass is 19.3. The minimum absolute atomic E-state index is 0.0558. The molecule has 158 valence electrons. The number of aromatic nitrogens is 3. The Hall–Kier alpha value is -2.88. The summed E-state index contributed by atoms with van der Waals surface area (Å²) in [5, 5.41) is 2.67. The van der Waals surface area contributed by atoms with Crippen LogP contribution in [0.15, 0.2) is 18.3 Å². The van der Waals surface area contributed by atoms with Crippen LogP contribution < -0.4 is 15.0 Å². The molecule has 1 saturated heterocycles. The molecule has 2 aliphatic heterocycles. The molecule has 1 N–H and O–H groups in total. The van der Waals surface area contributed by atoms with Gasteiger partial charge in [-0.3, -0.25) is 4.79 Å². The van der Waals surface area contributed by atoms with Crippen molar-refractivity contribution in [2.45, 2.75) is 44.1 Å². The highest BCUT2D eigenvalue weighted by Crippen LogP contribution is 2.58. The first-order chi connectivity index (χ1) is 14.2. The van der Waals surface area contributed by atoms with Crippen LogP contribution in [0.5, 0.6) is 5.88 Å².